The van der Waals surface area contributed by atoms with Crippen molar-refractivity contribution in [3.05, 3.63) is 11.6 Å². The maximum absolute atomic E-state index is 11.7. The monoisotopic (exact) mass is 241 g/mol. The van der Waals surface area contributed by atoms with Gasteiger partial charge in [-0.05, 0) is 19.8 Å². The van der Waals surface area contributed by atoms with Crippen LogP contribution in [0.1, 0.15) is 36.5 Å². The molecule has 4 nitrogen and oxygen atoms in total. The number of nitrogens with two attached hydrogens (primary N) is 1. The average molecular weight is 241 g/mol. The summed E-state index contributed by atoms with van der Waals surface area (Å²) in [7, 11) is 0. The Morgan fingerprint density at radius 2 is 2.29 bits per heavy atom. The van der Waals surface area contributed by atoms with Crippen LogP contribution in [0, 0.1) is 5.92 Å². The van der Waals surface area contributed by atoms with E-state index in [0.29, 0.717) is 6.54 Å². The van der Waals surface area contributed by atoms with Crippen molar-refractivity contribution in [1.29, 1.82) is 0 Å². The molecule has 4 heteroatoms. The molecule has 1 aliphatic carbocycles. The third-order valence-electron chi connectivity index (χ3n) is 3.18. The first-order valence-electron chi connectivity index (χ1n) is 6.35. The number of hydrogen-bond donors (Lipinski definition) is 1. The Labute approximate surface area is 106 Å². The van der Waals surface area contributed by atoms with Crippen molar-refractivity contribution >= 4 is 12.2 Å². The number of aldehydes is 1. The van der Waals surface area contributed by atoms with E-state index < -0.39 is 6.04 Å². The first-order chi connectivity index (χ1) is 8.15. The Morgan fingerprint density at radius 1 is 1.71 bits per heavy atom. The van der Waals surface area contributed by atoms with Gasteiger partial charge in [0.15, 0.2) is 0 Å². The molecule has 3 atom stereocenters. The fourth-order valence-corrected chi connectivity index (χ4v) is 2.27. The highest BCUT2D eigenvalue weighted by atomic mass is 16.2. The molecule has 0 aromatic carbocycles. The summed E-state index contributed by atoms with van der Waals surface area (Å²) < 4.78 is 0. The molecule has 1 amide bonds. The van der Waals surface area contributed by atoms with Crippen LogP contribution in [0.3, 0.4) is 0 Å². The van der Waals surface area contributed by atoms with Gasteiger partial charge in [0.25, 0.3) is 0 Å². The van der Waals surface area contributed by atoms with Gasteiger partial charge in [-0.15, -0.1) is 0 Å². The van der Waals surface area contributed by atoms with Crippen LogP contribution in [0.25, 0.3) is 0 Å². The number of rotatable bonds is 3. The first-order valence-corrected chi connectivity index (χ1v) is 6.35. The van der Waals surface area contributed by atoms with Gasteiger partial charge in [-0.2, -0.15) is 0 Å². The zero-order valence-corrected chi connectivity index (χ0v) is 10.8. The molecule has 1 saturated heterocycles. The zero-order chi connectivity index (χ0) is 13.0. The summed E-state index contributed by atoms with van der Waals surface area (Å²) in [6, 6.07) is -0.795. The summed E-state index contributed by atoms with van der Waals surface area (Å²) in [5, 5.41) is 0. The molecule has 0 bridgehead atoms. The van der Waals surface area contributed by atoms with Crippen LogP contribution in [0.2, 0.25) is 0 Å². The van der Waals surface area contributed by atoms with Crippen LogP contribution in [-0.2, 0) is 9.59 Å². The topological polar surface area (TPSA) is 63.4 Å². The summed E-state index contributed by atoms with van der Waals surface area (Å²) in [5.41, 5.74) is 6.87. The van der Waals surface area contributed by atoms with E-state index in [2.05, 4.69) is 6.08 Å². The molecule has 2 rings (SSSR count). The van der Waals surface area contributed by atoms with E-state index in [1.807, 2.05) is 13.8 Å². The van der Waals surface area contributed by atoms with E-state index in [9.17, 15) is 9.59 Å². The molecule has 0 saturated carbocycles. The van der Waals surface area contributed by atoms with Gasteiger partial charge < -0.3 is 15.4 Å². The normalized spacial score (nSPS) is 27.8. The summed E-state index contributed by atoms with van der Waals surface area (Å²) in [4.78, 5) is 24.4. The fraction of sp³-hybridized carbons (Fsp3) is 0.692. The standard InChI is InChI=1S/C11H16N2O2.C2H6.H2.H/c1-7(12)11(15)13-5-4-9(8-2-3-8)10(13)6-14;1-2;;/h2,6-7,9-10H,3-5,12H2,1H3;1-2H3;1H;. The minimum Gasteiger partial charge on any atom is -0.331 e. The van der Waals surface area contributed by atoms with E-state index in [4.69, 9.17) is 5.73 Å². The van der Waals surface area contributed by atoms with E-state index >= 15 is 0 Å². The van der Waals surface area contributed by atoms with Crippen molar-refractivity contribution < 1.29 is 12.4 Å². The molecule has 0 spiro atoms. The summed E-state index contributed by atoms with van der Waals surface area (Å²) in [6.07, 6.45) is 4.92. The van der Waals surface area contributed by atoms with Crippen molar-refractivity contribution in [3.63, 3.8) is 0 Å². The number of hydrogen-bond acceptors (Lipinski definition) is 3. The molecular formula is C13H25N2O2. The molecule has 99 valence electrons. The molecule has 2 N–H and O–H groups in total. The largest absolute Gasteiger partial charge is 0.331 e. The van der Waals surface area contributed by atoms with Gasteiger partial charge in [0.2, 0.25) is 5.91 Å². The highest BCUT2D eigenvalue weighted by Crippen LogP contribution is 2.38. The molecule has 0 aromatic heterocycles. The molecule has 0 aromatic rings. The summed E-state index contributed by atoms with van der Waals surface area (Å²) in [6.45, 7) is 6.32. The maximum atomic E-state index is 11.7. The lowest BCUT2D eigenvalue weighted by Crippen LogP contribution is -2.46. The first kappa shape index (κ1) is 13.9. The van der Waals surface area contributed by atoms with Crippen LogP contribution in [-0.4, -0.2) is 35.7 Å². The second-order valence-corrected chi connectivity index (χ2v) is 4.33. The highest BCUT2D eigenvalue weighted by Gasteiger charge is 2.40. The zero-order valence-electron chi connectivity index (χ0n) is 11.8. The van der Waals surface area contributed by atoms with Crippen molar-refractivity contribution in [1.82, 2.24) is 4.90 Å². The number of likely N-dealkylation sites (tertiary alicyclic amines) is 1. The number of nitrogens with zero attached hydrogens (tertiary/aromatic N) is 1. The predicted octanol–water partition coefficient (Wildman–Crippen LogP) is 1.46. The third kappa shape index (κ3) is 2.94. The van der Waals surface area contributed by atoms with Crippen LogP contribution >= 0.6 is 0 Å². The second-order valence-electron chi connectivity index (χ2n) is 4.33. The van der Waals surface area contributed by atoms with Crippen LogP contribution < -0.4 is 5.73 Å². The van der Waals surface area contributed by atoms with Crippen molar-refractivity contribution in [3.8, 4) is 0 Å². The second kappa shape index (κ2) is 5.96. The summed E-state index contributed by atoms with van der Waals surface area (Å²) >= 11 is 0. The van der Waals surface area contributed by atoms with Gasteiger partial charge in [0.05, 0.1) is 12.1 Å². The number of carbonyl (C=O) groups excluding carboxylic acids is 2. The van der Waals surface area contributed by atoms with Gasteiger partial charge in [-0.25, -0.2) is 0 Å². The third-order valence-corrected chi connectivity index (χ3v) is 3.18. The van der Waals surface area contributed by atoms with Crippen LogP contribution in [0.15, 0.2) is 11.6 Å². The van der Waals surface area contributed by atoms with Crippen molar-refractivity contribution in [2.75, 3.05) is 6.54 Å². The Balaban J connectivity index is 0. The van der Waals surface area contributed by atoms with Gasteiger partial charge in [-0.1, -0.05) is 25.5 Å². The van der Waals surface area contributed by atoms with E-state index in [-0.39, 0.29) is 20.7 Å². The maximum Gasteiger partial charge on any atom is 0.239 e. The number of amides is 1. The van der Waals surface area contributed by atoms with Crippen LogP contribution in [0.4, 0.5) is 0 Å². The smallest absolute Gasteiger partial charge is 0.239 e. The molecule has 1 radical (unpaired) electrons. The number of allylic oxidation sites excluding steroid dienone is 1. The highest BCUT2D eigenvalue weighted by molar-refractivity contribution is 5.84. The van der Waals surface area contributed by atoms with Gasteiger partial charge in [-0.3, -0.25) is 4.79 Å². The molecular weight excluding hydrogens is 216 g/mol. The molecule has 3 unspecified atom stereocenters. The van der Waals surface area contributed by atoms with Crippen molar-refractivity contribution in [2.45, 2.75) is 45.7 Å². The van der Waals surface area contributed by atoms with Gasteiger partial charge >= 0.3 is 0 Å². The quantitative estimate of drug-likeness (QED) is 0.601. The van der Waals surface area contributed by atoms with Gasteiger partial charge in [0, 0.05) is 15.3 Å². The predicted molar refractivity (Wildman–Crippen MR) is 70.6 cm³/mol. The lowest BCUT2D eigenvalue weighted by atomic mass is 9.98. The SMILES string of the molecule is CC.CC(N)C(=O)N1CCC(C2=CC2)C1C=O.[HH].[H]. The Kier molecular flexibility index (Phi) is 4.87. The van der Waals surface area contributed by atoms with Gasteiger partial charge in [0.1, 0.15) is 6.29 Å². The lowest BCUT2D eigenvalue weighted by molar-refractivity contribution is -0.135. The Morgan fingerprint density at radius 3 is 2.71 bits per heavy atom. The molecule has 2 aliphatic rings. The Hall–Kier alpha value is -1.16. The Bertz CT molecular complexity index is 333. The lowest BCUT2D eigenvalue weighted by Gasteiger charge is -2.24. The van der Waals surface area contributed by atoms with E-state index in [1.54, 1.807) is 11.8 Å². The summed E-state index contributed by atoms with van der Waals surface area (Å²) in [5.74, 6) is 0.140. The molecule has 17 heavy (non-hydrogen) atoms. The van der Waals surface area contributed by atoms with Crippen LogP contribution in [0.5, 0.6) is 0 Å². The molecule has 1 fully saturated rings. The average Bonchev–Trinajstić information content (AvgIpc) is 3.10. The molecule has 1 heterocycles. The van der Waals surface area contributed by atoms with Crippen molar-refractivity contribution in [2.24, 2.45) is 11.7 Å². The minimum atomic E-state index is -0.514. The number of carbonyl (C=O) groups is 2. The van der Waals surface area contributed by atoms with E-state index in [1.165, 1.54) is 5.57 Å². The fourth-order valence-electron chi connectivity index (χ4n) is 2.27. The minimum absolute atomic E-state index is 0. The van der Waals surface area contributed by atoms with E-state index in [0.717, 1.165) is 19.1 Å². The molecule has 1 aliphatic heterocycles.